The first kappa shape index (κ1) is 26.4. The monoisotopic (exact) mass is 537 g/mol. The number of hydrogen-bond acceptors (Lipinski definition) is 3. The number of hydrogen-bond donors (Lipinski definition) is 2. The summed E-state index contributed by atoms with van der Waals surface area (Å²) in [6.07, 6.45) is 1.62. The number of alkyl halides is 3. The standard InChI is InChI=1S/C29H27F4N5O/c1-17-12-20(7-8-24(17)30)25(19-5-6-19)36-27(39)22-14-18(16-38-11-10-37(2)28(38)34)13-21(15-22)23-4-3-9-35-26(23)29(31,32)33/h3-4,7-15,19,25,34H,5-6,16H2,1-2H3,(H,36,39). The minimum absolute atomic E-state index is 0.141. The minimum Gasteiger partial charge on any atom is -0.345 e. The van der Waals surface area contributed by atoms with Crippen LogP contribution in [0.2, 0.25) is 0 Å². The molecule has 2 N–H and O–H groups in total. The topological polar surface area (TPSA) is 75.7 Å². The Bertz CT molecular complexity index is 1600. The Morgan fingerprint density at radius 1 is 1.15 bits per heavy atom. The first-order valence-electron chi connectivity index (χ1n) is 12.5. The van der Waals surface area contributed by atoms with Gasteiger partial charge in [-0.05, 0) is 78.3 Å². The van der Waals surface area contributed by atoms with E-state index in [-0.39, 0.29) is 46.6 Å². The normalized spacial score (nSPS) is 14.3. The van der Waals surface area contributed by atoms with Crippen LogP contribution in [0.15, 0.2) is 67.1 Å². The highest BCUT2D eigenvalue weighted by atomic mass is 19.4. The quantitative estimate of drug-likeness (QED) is 0.294. The summed E-state index contributed by atoms with van der Waals surface area (Å²) >= 11 is 0. The van der Waals surface area contributed by atoms with E-state index >= 15 is 0 Å². The molecule has 2 heterocycles. The molecule has 39 heavy (non-hydrogen) atoms. The Balaban J connectivity index is 1.56. The Labute approximate surface area is 222 Å². The molecule has 0 radical (unpaired) electrons. The molecule has 1 aliphatic rings. The zero-order valence-corrected chi connectivity index (χ0v) is 21.4. The van der Waals surface area contributed by atoms with Gasteiger partial charge in [0.2, 0.25) is 5.62 Å². The number of aryl methyl sites for hydroxylation is 2. The predicted octanol–water partition coefficient (Wildman–Crippen LogP) is 5.76. The van der Waals surface area contributed by atoms with Gasteiger partial charge in [-0.15, -0.1) is 0 Å². The highest BCUT2D eigenvalue weighted by molar-refractivity contribution is 5.96. The molecule has 10 heteroatoms. The molecule has 0 saturated heterocycles. The van der Waals surface area contributed by atoms with E-state index in [1.165, 1.54) is 24.3 Å². The van der Waals surface area contributed by atoms with Crippen molar-refractivity contribution in [3.8, 4) is 11.1 Å². The second-order valence-electron chi connectivity index (χ2n) is 9.97. The van der Waals surface area contributed by atoms with Gasteiger partial charge in [-0.1, -0.05) is 18.2 Å². The van der Waals surface area contributed by atoms with Crippen LogP contribution in [-0.2, 0) is 19.8 Å². The van der Waals surface area contributed by atoms with Gasteiger partial charge in [0.15, 0.2) is 5.69 Å². The van der Waals surface area contributed by atoms with E-state index in [2.05, 4.69) is 10.3 Å². The van der Waals surface area contributed by atoms with Crippen molar-refractivity contribution >= 4 is 5.91 Å². The van der Waals surface area contributed by atoms with Crippen molar-refractivity contribution in [2.24, 2.45) is 13.0 Å². The third-order valence-electron chi connectivity index (χ3n) is 6.99. The van der Waals surface area contributed by atoms with Gasteiger partial charge in [-0.2, -0.15) is 13.2 Å². The summed E-state index contributed by atoms with van der Waals surface area (Å²) in [5, 5.41) is 11.3. The van der Waals surface area contributed by atoms with Crippen molar-refractivity contribution in [2.45, 2.75) is 38.5 Å². The summed E-state index contributed by atoms with van der Waals surface area (Å²) in [6, 6.07) is 11.8. The van der Waals surface area contributed by atoms with Crippen LogP contribution in [0.4, 0.5) is 17.6 Å². The zero-order chi connectivity index (χ0) is 27.9. The molecule has 0 bridgehead atoms. The lowest BCUT2D eigenvalue weighted by Gasteiger charge is -2.20. The smallest absolute Gasteiger partial charge is 0.345 e. The number of amides is 1. The molecule has 2 aromatic carbocycles. The molecular weight excluding hydrogens is 510 g/mol. The number of aromatic nitrogens is 3. The molecule has 1 fully saturated rings. The lowest BCUT2D eigenvalue weighted by Crippen LogP contribution is -2.30. The number of carbonyl (C=O) groups is 1. The number of halogens is 4. The molecule has 0 aliphatic heterocycles. The molecule has 1 aliphatic carbocycles. The Kier molecular flexibility index (Phi) is 6.88. The number of pyridine rings is 1. The Morgan fingerprint density at radius 3 is 2.56 bits per heavy atom. The third-order valence-corrected chi connectivity index (χ3v) is 6.99. The maximum absolute atomic E-state index is 13.9. The number of carbonyl (C=O) groups excluding carboxylic acids is 1. The van der Waals surface area contributed by atoms with Gasteiger partial charge in [-0.3, -0.25) is 15.2 Å². The summed E-state index contributed by atoms with van der Waals surface area (Å²) in [6.45, 7) is 1.84. The van der Waals surface area contributed by atoms with Crippen LogP contribution in [0.25, 0.3) is 11.1 Å². The summed E-state index contributed by atoms with van der Waals surface area (Å²) in [4.78, 5) is 17.2. The zero-order valence-electron chi connectivity index (χ0n) is 21.4. The molecule has 1 atom stereocenters. The van der Waals surface area contributed by atoms with Gasteiger partial charge in [0, 0.05) is 36.8 Å². The summed E-state index contributed by atoms with van der Waals surface area (Å²) in [7, 11) is 1.72. The third kappa shape index (κ3) is 5.64. The van der Waals surface area contributed by atoms with Crippen molar-refractivity contribution < 1.29 is 22.4 Å². The molecule has 6 nitrogen and oxygen atoms in total. The fourth-order valence-corrected chi connectivity index (χ4v) is 4.77. The molecule has 0 spiro atoms. The molecule has 202 valence electrons. The van der Waals surface area contributed by atoms with Crippen LogP contribution in [-0.4, -0.2) is 20.0 Å². The maximum Gasteiger partial charge on any atom is 0.433 e. The van der Waals surface area contributed by atoms with E-state index in [9.17, 15) is 22.4 Å². The second kappa shape index (κ2) is 10.2. The Hall–Kier alpha value is -4.21. The first-order valence-corrected chi connectivity index (χ1v) is 12.5. The van der Waals surface area contributed by atoms with Crippen LogP contribution in [0, 0.1) is 24.1 Å². The number of imidazole rings is 1. The van der Waals surface area contributed by atoms with Crippen molar-refractivity contribution in [1.82, 2.24) is 19.4 Å². The van der Waals surface area contributed by atoms with Gasteiger partial charge >= 0.3 is 6.18 Å². The lowest BCUT2D eigenvalue weighted by molar-refractivity contribution is -0.140. The maximum atomic E-state index is 13.9. The fraction of sp³-hybridized carbons (Fsp3) is 0.276. The van der Waals surface area contributed by atoms with E-state index in [0.29, 0.717) is 11.1 Å². The van der Waals surface area contributed by atoms with Gasteiger partial charge in [0.05, 0.1) is 12.6 Å². The van der Waals surface area contributed by atoms with E-state index in [1.807, 2.05) is 0 Å². The fourth-order valence-electron chi connectivity index (χ4n) is 4.77. The van der Waals surface area contributed by atoms with Crippen LogP contribution >= 0.6 is 0 Å². The SMILES string of the molecule is Cc1cc(C(NC(=O)c2cc(Cn3ccn(C)c3=N)cc(-c3cccnc3C(F)(F)F)c2)C2CC2)ccc1F. The predicted molar refractivity (Wildman–Crippen MR) is 137 cm³/mol. The van der Waals surface area contributed by atoms with Gasteiger partial charge in [0.1, 0.15) is 5.82 Å². The van der Waals surface area contributed by atoms with Crippen molar-refractivity contribution in [2.75, 3.05) is 0 Å². The average molecular weight is 538 g/mol. The van der Waals surface area contributed by atoms with E-state index in [0.717, 1.165) is 24.6 Å². The van der Waals surface area contributed by atoms with E-state index in [1.54, 1.807) is 59.8 Å². The summed E-state index contributed by atoms with van der Waals surface area (Å²) < 4.78 is 58.6. The van der Waals surface area contributed by atoms with E-state index in [4.69, 9.17) is 5.41 Å². The van der Waals surface area contributed by atoms with Crippen LogP contribution < -0.4 is 10.9 Å². The van der Waals surface area contributed by atoms with Gasteiger partial charge < -0.3 is 14.5 Å². The Morgan fingerprint density at radius 2 is 1.92 bits per heavy atom. The van der Waals surface area contributed by atoms with Gasteiger partial charge in [-0.25, -0.2) is 4.39 Å². The molecular formula is C29H27F4N5O. The molecule has 1 unspecified atom stereocenters. The van der Waals surface area contributed by atoms with E-state index < -0.39 is 17.8 Å². The molecule has 4 aromatic rings. The molecule has 5 rings (SSSR count). The first-order chi connectivity index (χ1) is 18.5. The number of nitrogens with one attached hydrogen (secondary N) is 2. The largest absolute Gasteiger partial charge is 0.433 e. The highest BCUT2D eigenvalue weighted by Gasteiger charge is 2.36. The number of nitrogens with zero attached hydrogens (tertiary/aromatic N) is 3. The molecule has 1 amide bonds. The molecule has 1 saturated carbocycles. The second-order valence-corrected chi connectivity index (χ2v) is 9.97. The van der Waals surface area contributed by atoms with Crippen LogP contribution in [0.3, 0.4) is 0 Å². The summed E-state index contributed by atoms with van der Waals surface area (Å²) in [5.74, 6) is -0.581. The average Bonchev–Trinajstić information content (AvgIpc) is 3.70. The van der Waals surface area contributed by atoms with Crippen molar-refractivity contribution in [3.63, 3.8) is 0 Å². The van der Waals surface area contributed by atoms with Crippen molar-refractivity contribution in [3.05, 3.63) is 107 Å². The van der Waals surface area contributed by atoms with Crippen molar-refractivity contribution in [1.29, 1.82) is 5.41 Å². The van der Waals surface area contributed by atoms with Crippen LogP contribution in [0.5, 0.6) is 0 Å². The molecule has 2 aromatic heterocycles. The van der Waals surface area contributed by atoms with Crippen LogP contribution in [0.1, 0.15) is 51.6 Å². The highest BCUT2D eigenvalue weighted by Crippen LogP contribution is 2.42. The van der Waals surface area contributed by atoms with Gasteiger partial charge in [0.25, 0.3) is 5.91 Å². The lowest BCUT2D eigenvalue weighted by atomic mass is 9.96. The number of benzene rings is 2. The summed E-state index contributed by atoms with van der Waals surface area (Å²) in [5.41, 5.74) is 1.21. The number of rotatable bonds is 7. The minimum atomic E-state index is -4.69.